The number of likely N-dealkylation sites (tertiary alicyclic amines) is 1. The number of fused-ring (bicyclic) bond motifs is 2. The minimum absolute atomic E-state index is 0.0242. The molecule has 41 heavy (non-hydrogen) atoms. The fourth-order valence-electron chi connectivity index (χ4n) is 5.62. The van der Waals surface area contributed by atoms with Gasteiger partial charge in [-0.25, -0.2) is 13.8 Å². The van der Waals surface area contributed by atoms with E-state index in [0.717, 1.165) is 40.2 Å². The summed E-state index contributed by atoms with van der Waals surface area (Å²) in [4.78, 5) is 32.9. The van der Waals surface area contributed by atoms with Gasteiger partial charge in [-0.2, -0.15) is 4.39 Å². The Kier molecular flexibility index (Phi) is 7.41. The Morgan fingerprint density at radius 2 is 1.93 bits per heavy atom. The summed E-state index contributed by atoms with van der Waals surface area (Å²) in [6.07, 6.45) is 3.29. The van der Waals surface area contributed by atoms with Crippen molar-refractivity contribution in [2.75, 3.05) is 13.1 Å². The minimum atomic E-state index is -2.91. The van der Waals surface area contributed by atoms with Crippen LogP contribution in [0.1, 0.15) is 36.4 Å². The molecule has 1 aliphatic carbocycles. The molecule has 1 amide bonds. The zero-order valence-corrected chi connectivity index (χ0v) is 23.3. The van der Waals surface area contributed by atoms with E-state index in [0.29, 0.717) is 15.9 Å². The molecule has 4 aromatic rings. The van der Waals surface area contributed by atoms with Crippen LogP contribution in [0.4, 0.5) is 13.2 Å². The highest BCUT2D eigenvalue weighted by Gasteiger charge is 2.36. The molecular weight excluding hydrogens is 579 g/mol. The van der Waals surface area contributed by atoms with Crippen molar-refractivity contribution in [3.05, 3.63) is 75.0 Å². The number of halogens is 4. The van der Waals surface area contributed by atoms with Crippen molar-refractivity contribution in [2.45, 2.75) is 56.7 Å². The number of aliphatic hydroxyl groups is 1. The molecule has 1 aliphatic heterocycles. The van der Waals surface area contributed by atoms with E-state index >= 15 is 0 Å². The number of nitrogens with zero attached hydrogens (tertiary/aromatic N) is 5. The third-order valence-electron chi connectivity index (χ3n) is 7.95. The van der Waals surface area contributed by atoms with Gasteiger partial charge in [0, 0.05) is 41.3 Å². The quantitative estimate of drug-likeness (QED) is 0.331. The van der Waals surface area contributed by atoms with Crippen LogP contribution in [-0.2, 0) is 24.2 Å². The third-order valence-corrected chi connectivity index (χ3v) is 9.26. The van der Waals surface area contributed by atoms with Gasteiger partial charge in [-0.1, -0.05) is 11.6 Å². The van der Waals surface area contributed by atoms with Crippen molar-refractivity contribution in [2.24, 2.45) is 0 Å². The summed E-state index contributed by atoms with van der Waals surface area (Å²) < 4.78 is 42.5. The second-order valence-corrected chi connectivity index (χ2v) is 11.9. The molecule has 2 aliphatic rings. The van der Waals surface area contributed by atoms with Gasteiger partial charge >= 0.3 is 0 Å². The van der Waals surface area contributed by atoms with Crippen LogP contribution in [-0.4, -0.2) is 60.4 Å². The first kappa shape index (κ1) is 27.9. The number of amides is 1. The summed E-state index contributed by atoms with van der Waals surface area (Å²) >= 11 is 7.99. The molecule has 1 fully saturated rings. The SMILES string of the molecule is O=C(CC(C(F)F)n1ccc(F)n1)N1CCC(O)(Cn2cnc3c(-c4cc5c(cc4Cl)C[CH]C5)scc3c2=O)CC1. The van der Waals surface area contributed by atoms with Crippen LogP contribution in [0.2, 0.25) is 5.02 Å². The molecule has 3 aromatic heterocycles. The van der Waals surface area contributed by atoms with E-state index in [1.807, 2.05) is 6.07 Å². The normalized spacial score (nSPS) is 17.4. The average molecular weight is 605 g/mol. The topological polar surface area (TPSA) is 93.2 Å². The van der Waals surface area contributed by atoms with E-state index in [4.69, 9.17) is 11.6 Å². The summed E-state index contributed by atoms with van der Waals surface area (Å²) in [6, 6.07) is 3.39. The first-order valence-electron chi connectivity index (χ1n) is 13.2. The number of piperidine rings is 1. The number of hydrogen-bond acceptors (Lipinski definition) is 6. The van der Waals surface area contributed by atoms with Gasteiger partial charge in [0.05, 0.1) is 40.7 Å². The van der Waals surface area contributed by atoms with Gasteiger partial charge in [0.25, 0.3) is 12.0 Å². The Hall–Kier alpha value is -3.22. The molecule has 1 N–H and O–H groups in total. The van der Waals surface area contributed by atoms with E-state index in [1.54, 1.807) is 5.38 Å². The van der Waals surface area contributed by atoms with E-state index < -0.39 is 36.3 Å². The Morgan fingerprint density at radius 3 is 2.61 bits per heavy atom. The number of carbonyl (C=O) groups is 1. The van der Waals surface area contributed by atoms with Crippen LogP contribution in [0.5, 0.6) is 0 Å². The highest BCUT2D eigenvalue weighted by atomic mass is 35.5. The Bertz CT molecular complexity index is 1680. The van der Waals surface area contributed by atoms with Crippen LogP contribution in [0.3, 0.4) is 0 Å². The van der Waals surface area contributed by atoms with Crippen LogP contribution in [0.15, 0.2) is 40.9 Å². The molecule has 8 nitrogen and oxygen atoms in total. The summed E-state index contributed by atoms with van der Waals surface area (Å²) in [5.41, 5.74) is 2.23. The Labute approximate surface area is 242 Å². The predicted molar refractivity (Wildman–Crippen MR) is 149 cm³/mol. The monoisotopic (exact) mass is 604 g/mol. The lowest BCUT2D eigenvalue weighted by molar-refractivity contribution is -0.138. The van der Waals surface area contributed by atoms with Gasteiger partial charge in [-0.05, 0) is 55.4 Å². The zero-order valence-electron chi connectivity index (χ0n) is 21.8. The van der Waals surface area contributed by atoms with Crippen molar-refractivity contribution in [3.63, 3.8) is 0 Å². The van der Waals surface area contributed by atoms with E-state index in [2.05, 4.69) is 22.6 Å². The molecule has 6 rings (SSSR count). The smallest absolute Gasteiger partial charge is 0.262 e. The minimum Gasteiger partial charge on any atom is -0.388 e. The number of alkyl halides is 2. The highest BCUT2D eigenvalue weighted by molar-refractivity contribution is 7.15. The van der Waals surface area contributed by atoms with Crippen LogP contribution in [0.25, 0.3) is 21.3 Å². The zero-order chi connectivity index (χ0) is 28.9. The summed E-state index contributed by atoms with van der Waals surface area (Å²) in [5, 5.41) is 17.4. The number of carbonyl (C=O) groups excluding carboxylic acids is 1. The third kappa shape index (κ3) is 5.40. The predicted octanol–water partition coefficient (Wildman–Crippen LogP) is 4.67. The van der Waals surface area contributed by atoms with Crippen molar-refractivity contribution in [3.8, 4) is 10.4 Å². The van der Waals surface area contributed by atoms with E-state index in [-0.39, 0.29) is 38.0 Å². The Balaban J connectivity index is 1.15. The molecule has 1 unspecified atom stereocenters. The van der Waals surface area contributed by atoms with Gasteiger partial charge in [0.1, 0.15) is 6.04 Å². The lowest BCUT2D eigenvalue weighted by Crippen LogP contribution is -2.50. The van der Waals surface area contributed by atoms with Crippen molar-refractivity contribution in [1.29, 1.82) is 0 Å². The molecule has 0 saturated carbocycles. The lowest BCUT2D eigenvalue weighted by atomic mass is 9.91. The van der Waals surface area contributed by atoms with Crippen LogP contribution >= 0.6 is 22.9 Å². The maximum Gasteiger partial charge on any atom is 0.262 e. The van der Waals surface area contributed by atoms with Crippen molar-refractivity contribution in [1.82, 2.24) is 24.2 Å². The molecule has 1 aromatic carbocycles. The lowest BCUT2D eigenvalue weighted by Gasteiger charge is -2.38. The number of thiophene rings is 1. The van der Waals surface area contributed by atoms with Gasteiger partial charge < -0.3 is 10.0 Å². The van der Waals surface area contributed by atoms with Crippen molar-refractivity contribution < 1.29 is 23.1 Å². The standard InChI is InChI=1S/C28H26ClF3N5O3S/c29-20-11-17-3-1-2-16(17)10-18(20)25-24-19(13-41-25)27(39)36(15-33-24)14-28(40)5-8-35(9-6-28)23(38)12-21(26(31)32)37-7-4-22(30)34-37/h1,4,7,10-11,13,15,21,26,40H,2-3,5-6,8-9,12,14H2. The first-order chi connectivity index (χ1) is 19.6. The molecule has 0 bridgehead atoms. The number of benzene rings is 1. The van der Waals surface area contributed by atoms with Gasteiger partial charge in [0.15, 0.2) is 0 Å². The fourth-order valence-corrected chi connectivity index (χ4v) is 6.97. The summed E-state index contributed by atoms with van der Waals surface area (Å²) in [5.74, 6) is -1.44. The van der Waals surface area contributed by atoms with Crippen LogP contribution < -0.4 is 5.56 Å². The average Bonchev–Trinajstić information content (AvgIpc) is 3.68. The first-order valence-corrected chi connectivity index (χ1v) is 14.5. The fraction of sp³-hybridized carbons (Fsp3) is 0.393. The molecule has 1 radical (unpaired) electrons. The molecule has 1 atom stereocenters. The molecule has 4 heterocycles. The van der Waals surface area contributed by atoms with Gasteiger partial charge in [-0.3, -0.25) is 18.8 Å². The Morgan fingerprint density at radius 1 is 1.20 bits per heavy atom. The highest BCUT2D eigenvalue weighted by Crippen LogP contribution is 2.40. The number of aromatic nitrogens is 4. The molecule has 0 spiro atoms. The van der Waals surface area contributed by atoms with Gasteiger partial charge in [-0.15, -0.1) is 16.4 Å². The van der Waals surface area contributed by atoms with E-state index in [1.165, 1.54) is 38.3 Å². The largest absolute Gasteiger partial charge is 0.388 e. The summed E-state index contributed by atoms with van der Waals surface area (Å²) in [6.45, 7) is 0.226. The van der Waals surface area contributed by atoms with Gasteiger partial charge in [0.2, 0.25) is 11.9 Å². The number of hydrogen-bond donors (Lipinski definition) is 1. The maximum atomic E-state index is 13.6. The second-order valence-electron chi connectivity index (χ2n) is 10.6. The second kappa shape index (κ2) is 10.9. The molecular formula is C28H26ClF3N5O3S. The molecule has 215 valence electrons. The molecule has 13 heteroatoms. The summed E-state index contributed by atoms with van der Waals surface area (Å²) in [7, 11) is 0. The van der Waals surface area contributed by atoms with E-state index in [9.17, 15) is 27.9 Å². The van der Waals surface area contributed by atoms with Crippen molar-refractivity contribution >= 4 is 39.7 Å². The maximum absolute atomic E-state index is 13.6. The number of rotatable bonds is 7. The molecule has 1 saturated heterocycles. The van der Waals surface area contributed by atoms with Crippen LogP contribution in [0, 0.1) is 12.4 Å².